The summed E-state index contributed by atoms with van der Waals surface area (Å²) in [5, 5.41) is 56.0. The van der Waals surface area contributed by atoms with Crippen LogP contribution in [0.1, 0.15) is 113 Å². The van der Waals surface area contributed by atoms with Gasteiger partial charge in [-0.3, -0.25) is 4.79 Å². The van der Waals surface area contributed by atoms with Gasteiger partial charge in [0.15, 0.2) is 6.29 Å². The van der Waals surface area contributed by atoms with Crippen molar-refractivity contribution in [2.45, 2.75) is 186 Å². The molecule has 11 nitrogen and oxygen atoms in total. The molecular weight excluding hydrogens is 630 g/mol. The molecule has 6 rings (SSSR count). The van der Waals surface area contributed by atoms with Crippen LogP contribution < -0.4 is 5.32 Å². The molecule has 3 heterocycles. The SMILES string of the molecule is CC(=O)N[C@H]1[C@@H](OC(C)(C)[C@@H]2CC[C@]3(C)C=C([C@@H]4CC[C@@H]5[C@]4(C)C[C@H](O)[C@H]4O[C@@H](C(C)(C)O)CC[C@]54C)CC[C@@H]3O2)O[C@@H](CO)[C@@H](O)[C@H]1O. The van der Waals surface area contributed by atoms with E-state index in [1.54, 1.807) is 13.8 Å². The Balaban J connectivity index is 1.15. The molecule has 3 saturated heterocycles. The van der Waals surface area contributed by atoms with Crippen LogP contribution in [0.25, 0.3) is 0 Å². The third kappa shape index (κ3) is 6.56. The quantitative estimate of drug-likeness (QED) is 0.218. The maximum atomic E-state index is 12.0. The summed E-state index contributed by atoms with van der Waals surface area (Å²) >= 11 is 0. The van der Waals surface area contributed by atoms with Crippen LogP contribution in [0.2, 0.25) is 0 Å². The molecule has 0 aromatic carbocycles. The lowest BCUT2D eigenvalue weighted by Crippen LogP contribution is -2.66. The third-order valence-electron chi connectivity index (χ3n) is 13.9. The van der Waals surface area contributed by atoms with Crippen molar-refractivity contribution < 1.29 is 49.3 Å². The Morgan fingerprint density at radius 2 is 1.63 bits per heavy atom. The van der Waals surface area contributed by atoms with Gasteiger partial charge in [0.2, 0.25) is 5.91 Å². The van der Waals surface area contributed by atoms with E-state index in [0.29, 0.717) is 18.3 Å². The number of rotatable bonds is 7. The molecule has 1 amide bonds. The number of aliphatic hydroxyl groups excluding tert-OH is 4. The van der Waals surface area contributed by atoms with Gasteiger partial charge in [-0.15, -0.1) is 0 Å². The highest BCUT2D eigenvalue weighted by Gasteiger charge is 2.65. The molecule has 11 heteroatoms. The standard InChI is InChI=1S/C38H63NO10/c1-20(41)39-29-31(44)30(43)24(19-40)46-33(29)49-35(4,5)27-13-15-36(6)17-21(9-12-28(36)47-27)22-10-11-25-37(7)16-14-26(34(2,3)45)48-32(37)23(42)18-38(22,25)8/h17,22-33,40,42-45H,9-16,18-19H2,1-8H3,(H,39,41)/t22-,23-,24-,25-,26+,27-,28-,29+,30+,31-,32+,33+,36+,37+,38+/m0/s1. The normalized spacial score (nSPS) is 49.0. The van der Waals surface area contributed by atoms with E-state index in [4.69, 9.17) is 18.9 Å². The van der Waals surface area contributed by atoms with E-state index in [1.165, 1.54) is 12.5 Å². The largest absolute Gasteiger partial charge is 0.394 e. The van der Waals surface area contributed by atoms with Gasteiger partial charge < -0.3 is 49.8 Å². The summed E-state index contributed by atoms with van der Waals surface area (Å²) in [5.74, 6) is 0.433. The lowest BCUT2D eigenvalue weighted by molar-refractivity contribution is -0.315. The van der Waals surface area contributed by atoms with E-state index >= 15 is 0 Å². The first kappa shape index (κ1) is 37.6. The average molecular weight is 694 g/mol. The summed E-state index contributed by atoms with van der Waals surface area (Å²) < 4.78 is 25.7. The van der Waals surface area contributed by atoms with Crippen molar-refractivity contribution in [3.63, 3.8) is 0 Å². The summed E-state index contributed by atoms with van der Waals surface area (Å²) in [4.78, 5) is 12.0. The second kappa shape index (κ2) is 13.1. The first-order chi connectivity index (χ1) is 22.7. The molecule has 2 saturated carbocycles. The highest BCUT2D eigenvalue weighted by Crippen LogP contribution is 2.67. The second-order valence-electron chi connectivity index (χ2n) is 18.3. The van der Waals surface area contributed by atoms with Crippen LogP contribution in [0.5, 0.6) is 0 Å². The lowest BCUT2D eigenvalue weighted by Gasteiger charge is -2.60. The Hall–Kier alpha value is -1.15. The monoisotopic (exact) mass is 693 g/mol. The molecule has 0 unspecified atom stereocenters. The van der Waals surface area contributed by atoms with E-state index in [9.17, 15) is 30.3 Å². The zero-order chi connectivity index (χ0) is 35.9. The van der Waals surface area contributed by atoms with E-state index in [2.05, 4.69) is 32.2 Å². The number of ether oxygens (including phenoxy) is 4. The fourth-order valence-electron chi connectivity index (χ4n) is 11.3. The van der Waals surface area contributed by atoms with Crippen molar-refractivity contribution in [2.75, 3.05) is 6.61 Å². The van der Waals surface area contributed by atoms with Gasteiger partial charge in [-0.2, -0.15) is 0 Å². The molecule has 0 aromatic rings. The van der Waals surface area contributed by atoms with Crippen molar-refractivity contribution in [1.29, 1.82) is 0 Å². The Labute approximate surface area is 292 Å². The molecule has 0 bridgehead atoms. The van der Waals surface area contributed by atoms with Gasteiger partial charge >= 0.3 is 0 Å². The van der Waals surface area contributed by atoms with E-state index in [1.807, 2.05) is 13.8 Å². The first-order valence-electron chi connectivity index (χ1n) is 18.7. The number of nitrogens with one attached hydrogen (secondary N) is 1. The minimum atomic E-state index is -1.38. The molecule has 6 aliphatic rings. The number of hydrogen-bond donors (Lipinski definition) is 6. The molecule has 0 aromatic heterocycles. The van der Waals surface area contributed by atoms with Crippen molar-refractivity contribution >= 4 is 5.91 Å². The molecule has 15 atom stereocenters. The van der Waals surface area contributed by atoms with Crippen LogP contribution in [0, 0.1) is 28.1 Å². The molecule has 49 heavy (non-hydrogen) atoms. The Morgan fingerprint density at radius 3 is 2.29 bits per heavy atom. The summed E-state index contributed by atoms with van der Waals surface area (Å²) in [5.41, 5.74) is -0.619. The average Bonchev–Trinajstić information content (AvgIpc) is 3.36. The summed E-state index contributed by atoms with van der Waals surface area (Å²) in [7, 11) is 0. The molecule has 280 valence electrons. The number of amides is 1. The predicted molar refractivity (Wildman–Crippen MR) is 181 cm³/mol. The van der Waals surface area contributed by atoms with E-state index in [-0.39, 0.29) is 40.7 Å². The van der Waals surface area contributed by atoms with Gasteiger partial charge in [0.05, 0.1) is 48.3 Å². The van der Waals surface area contributed by atoms with Crippen molar-refractivity contribution in [1.82, 2.24) is 5.32 Å². The van der Waals surface area contributed by atoms with Crippen molar-refractivity contribution in [3.8, 4) is 0 Å². The highest BCUT2D eigenvalue weighted by molar-refractivity contribution is 5.73. The minimum Gasteiger partial charge on any atom is -0.394 e. The number of hydrogen-bond acceptors (Lipinski definition) is 10. The van der Waals surface area contributed by atoms with Gasteiger partial charge in [0.1, 0.15) is 24.4 Å². The maximum absolute atomic E-state index is 12.0. The molecular formula is C38H63NO10. The summed E-state index contributed by atoms with van der Waals surface area (Å²) in [6, 6.07) is -1.01. The number of carbonyl (C=O) groups is 1. The second-order valence-corrected chi connectivity index (χ2v) is 18.3. The minimum absolute atomic E-state index is 0.0109. The zero-order valence-electron chi connectivity index (χ0n) is 30.9. The number of allylic oxidation sites excluding steroid dienone is 1. The fourth-order valence-corrected chi connectivity index (χ4v) is 11.3. The number of fused-ring (bicyclic) bond motifs is 4. The third-order valence-corrected chi connectivity index (χ3v) is 13.9. The van der Waals surface area contributed by atoms with Gasteiger partial charge in [-0.25, -0.2) is 0 Å². The number of carbonyl (C=O) groups excluding carboxylic acids is 1. The van der Waals surface area contributed by atoms with Gasteiger partial charge in [0.25, 0.3) is 0 Å². The molecule has 3 aliphatic carbocycles. The Bertz CT molecular complexity index is 1270. The zero-order valence-corrected chi connectivity index (χ0v) is 30.9. The Kier molecular flexibility index (Phi) is 10.0. The highest BCUT2D eigenvalue weighted by atomic mass is 16.7. The van der Waals surface area contributed by atoms with Crippen LogP contribution in [0.4, 0.5) is 0 Å². The van der Waals surface area contributed by atoms with Crippen LogP contribution in [0.15, 0.2) is 11.6 Å². The molecule has 5 fully saturated rings. The summed E-state index contributed by atoms with van der Waals surface area (Å²) in [6.07, 6.45) is 4.35. The van der Waals surface area contributed by atoms with Gasteiger partial charge in [0, 0.05) is 12.3 Å². The van der Waals surface area contributed by atoms with Crippen molar-refractivity contribution in [3.05, 3.63) is 11.6 Å². The van der Waals surface area contributed by atoms with Gasteiger partial charge in [-0.05, 0) is 108 Å². The number of aliphatic hydroxyl groups is 5. The lowest BCUT2D eigenvalue weighted by atomic mass is 9.50. The van der Waals surface area contributed by atoms with Crippen LogP contribution in [0.3, 0.4) is 0 Å². The maximum Gasteiger partial charge on any atom is 0.217 e. The molecule has 0 spiro atoms. The van der Waals surface area contributed by atoms with Crippen LogP contribution in [-0.2, 0) is 23.7 Å². The van der Waals surface area contributed by atoms with Crippen LogP contribution >= 0.6 is 0 Å². The topological polar surface area (TPSA) is 167 Å². The fraction of sp³-hybridized carbons (Fsp3) is 0.921. The van der Waals surface area contributed by atoms with Crippen molar-refractivity contribution in [2.24, 2.45) is 28.1 Å². The van der Waals surface area contributed by atoms with E-state index < -0.39 is 60.5 Å². The molecule has 6 N–H and O–H groups in total. The molecule has 3 aliphatic heterocycles. The van der Waals surface area contributed by atoms with E-state index in [0.717, 1.165) is 51.4 Å². The smallest absolute Gasteiger partial charge is 0.217 e. The molecule has 0 radical (unpaired) electrons. The Morgan fingerprint density at radius 1 is 0.939 bits per heavy atom. The predicted octanol–water partition coefficient (Wildman–Crippen LogP) is 3.12. The first-order valence-corrected chi connectivity index (χ1v) is 18.7. The van der Waals surface area contributed by atoms with Gasteiger partial charge in [-0.1, -0.05) is 32.4 Å². The van der Waals surface area contributed by atoms with Crippen LogP contribution in [-0.4, -0.2) is 110 Å². The summed E-state index contributed by atoms with van der Waals surface area (Å²) in [6.45, 7) is 15.3.